The van der Waals surface area contributed by atoms with E-state index in [1.54, 1.807) is 12.1 Å². The van der Waals surface area contributed by atoms with Crippen LogP contribution in [0, 0.1) is 0 Å². The normalized spacial score (nSPS) is 20.0. The molecule has 2 aliphatic heterocycles. The van der Waals surface area contributed by atoms with Crippen LogP contribution >= 0.6 is 0 Å². The molecule has 0 bridgehead atoms. The smallest absolute Gasteiger partial charge is 0.323 e. The van der Waals surface area contributed by atoms with Gasteiger partial charge in [-0.15, -0.1) is 10.2 Å². The number of nitrogens with zero attached hydrogens (tertiary/aromatic N) is 4. The van der Waals surface area contributed by atoms with E-state index >= 15 is 0 Å². The lowest BCUT2D eigenvalue weighted by Crippen LogP contribution is -2.66. The lowest BCUT2D eigenvalue weighted by molar-refractivity contribution is -0.0166. The molecule has 0 saturated carbocycles. The van der Waals surface area contributed by atoms with Crippen molar-refractivity contribution in [1.82, 2.24) is 25.3 Å². The summed E-state index contributed by atoms with van der Waals surface area (Å²) in [5.41, 5.74) is 0.229. The Hall–Kier alpha value is -2.22. The number of nitrogens with one attached hydrogen (secondary N) is 2. The second-order valence-corrected chi connectivity index (χ2v) is 6.24. The fraction of sp³-hybridized carbons (Fsp3) is 0.600. The van der Waals surface area contributed by atoms with Gasteiger partial charge < -0.3 is 15.1 Å². The number of carbonyl (C=O) groups is 2. The highest BCUT2D eigenvalue weighted by Crippen LogP contribution is 2.39. The molecule has 2 fully saturated rings. The Morgan fingerprint density at radius 1 is 1.13 bits per heavy atom. The minimum Gasteiger partial charge on any atom is -0.354 e. The molecule has 0 unspecified atom stereocenters. The summed E-state index contributed by atoms with van der Waals surface area (Å²) in [4.78, 5) is 28.1. The first-order valence-electron chi connectivity index (χ1n) is 7.87. The Bertz CT molecular complexity index is 594. The third-order valence-corrected chi connectivity index (χ3v) is 4.90. The molecule has 0 atom stereocenters. The molecule has 1 spiro atoms. The van der Waals surface area contributed by atoms with Crippen LogP contribution < -0.4 is 10.6 Å². The standard InChI is InChI=1S/C15H22N6O2/c1-16-13(22)11-3-4-12(19-18-11)17-14(23)21-10-7-15(21)5-8-20(2)9-6-15/h3-4H,5-10H2,1-2H3,(H,16,22)(H,17,19,23). The van der Waals surface area contributed by atoms with Crippen LogP contribution in [0.3, 0.4) is 0 Å². The molecule has 124 valence electrons. The highest BCUT2D eigenvalue weighted by Gasteiger charge is 2.48. The zero-order chi connectivity index (χ0) is 16.4. The molecule has 0 aliphatic carbocycles. The summed E-state index contributed by atoms with van der Waals surface area (Å²) in [5.74, 6) is 0.0565. The number of anilines is 1. The highest BCUT2D eigenvalue weighted by atomic mass is 16.2. The number of piperidine rings is 1. The topological polar surface area (TPSA) is 90.5 Å². The number of hydrogen-bond donors (Lipinski definition) is 2. The number of rotatable bonds is 2. The quantitative estimate of drug-likeness (QED) is 0.830. The maximum absolute atomic E-state index is 12.5. The second-order valence-electron chi connectivity index (χ2n) is 6.24. The van der Waals surface area contributed by atoms with Gasteiger partial charge in [-0.1, -0.05) is 0 Å². The van der Waals surface area contributed by atoms with Gasteiger partial charge in [-0.25, -0.2) is 4.79 Å². The van der Waals surface area contributed by atoms with Gasteiger partial charge in [-0.05, 0) is 38.4 Å². The van der Waals surface area contributed by atoms with Crippen LogP contribution in [0.25, 0.3) is 0 Å². The number of likely N-dealkylation sites (tertiary alicyclic amines) is 2. The fourth-order valence-corrected chi connectivity index (χ4v) is 3.24. The van der Waals surface area contributed by atoms with Gasteiger partial charge in [0.1, 0.15) is 0 Å². The predicted octanol–water partition coefficient (Wildman–Crippen LogP) is 0.538. The molecule has 1 aromatic heterocycles. The molecular weight excluding hydrogens is 296 g/mol. The van der Waals surface area contributed by atoms with Gasteiger partial charge in [0.2, 0.25) is 0 Å². The van der Waals surface area contributed by atoms with Gasteiger partial charge in [0.25, 0.3) is 5.91 Å². The van der Waals surface area contributed by atoms with E-state index in [2.05, 4.69) is 32.8 Å². The van der Waals surface area contributed by atoms with Gasteiger partial charge in [-0.2, -0.15) is 0 Å². The van der Waals surface area contributed by atoms with Crippen molar-refractivity contribution in [2.75, 3.05) is 39.0 Å². The molecule has 3 rings (SSSR count). The fourth-order valence-electron chi connectivity index (χ4n) is 3.24. The average molecular weight is 318 g/mol. The van der Waals surface area contributed by atoms with Crippen molar-refractivity contribution < 1.29 is 9.59 Å². The maximum atomic E-state index is 12.5. The highest BCUT2D eigenvalue weighted by molar-refractivity contribution is 5.93. The summed E-state index contributed by atoms with van der Waals surface area (Å²) in [6, 6.07) is 3.00. The number of carbonyl (C=O) groups excluding carboxylic acids is 2. The van der Waals surface area contributed by atoms with E-state index in [0.717, 1.165) is 38.9 Å². The van der Waals surface area contributed by atoms with Crippen LogP contribution in [0.5, 0.6) is 0 Å². The summed E-state index contributed by atoms with van der Waals surface area (Å²) in [6.45, 7) is 2.81. The minimum absolute atomic E-state index is 0.00601. The van der Waals surface area contributed by atoms with E-state index in [9.17, 15) is 9.59 Å². The van der Waals surface area contributed by atoms with Crippen LogP contribution in [0.2, 0.25) is 0 Å². The minimum atomic E-state index is -0.302. The molecule has 23 heavy (non-hydrogen) atoms. The van der Waals surface area contributed by atoms with Crippen molar-refractivity contribution in [3.8, 4) is 0 Å². The SMILES string of the molecule is CNC(=O)c1ccc(NC(=O)N2CCC23CCN(C)CC3)nn1. The summed E-state index contributed by atoms with van der Waals surface area (Å²) < 4.78 is 0. The average Bonchev–Trinajstić information content (AvgIpc) is 2.54. The van der Waals surface area contributed by atoms with E-state index in [4.69, 9.17) is 0 Å². The monoisotopic (exact) mass is 318 g/mol. The van der Waals surface area contributed by atoms with Gasteiger partial charge in [0.15, 0.2) is 11.5 Å². The van der Waals surface area contributed by atoms with Crippen LogP contribution in [-0.4, -0.2) is 71.2 Å². The second kappa shape index (κ2) is 6.11. The Morgan fingerprint density at radius 2 is 1.83 bits per heavy atom. The summed E-state index contributed by atoms with van der Waals surface area (Å²) in [5, 5.41) is 13.0. The molecule has 3 heterocycles. The van der Waals surface area contributed by atoms with E-state index in [0.29, 0.717) is 5.82 Å². The van der Waals surface area contributed by atoms with Crippen molar-refractivity contribution >= 4 is 17.8 Å². The Kier molecular flexibility index (Phi) is 4.16. The van der Waals surface area contributed by atoms with Crippen molar-refractivity contribution in [2.24, 2.45) is 0 Å². The Labute approximate surface area is 135 Å². The molecule has 2 saturated heterocycles. The first kappa shape index (κ1) is 15.7. The lowest BCUT2D eigenvalue weighted by Gasteiger charge is -2.55. The van der Waals surface area contributed by atoms with Crippen molar-refractivity contribution in [1.29, 1.82) is 0 Å². The van der Waals surface area contributed by atoms with E-state index in [-0.39, 0.29) is 23.2 Å². The number of urea groups is 1. The zero-order valence-corrected chi connectivity index (χ0v) is 13.5. The summed E-state index contributed by atoms with van der Waals surface area (Å²) >= 11 is 0. The third kappa shape index (κ3) is 2.98. The van der Waals surface area contributed by atoms with Crippen molar-refractivity contribution in [3.63, 3.8) is 0 Å². The number of amides is 3. The van der Waals surface area contributed by atoms with Crippen LogP contribution in [0.1, 0.15) is 29.8 Å². The predicted molar refractivity (Wildman–Crippen MR) is 85.2 cm³/mol. The van der Waals surface area contributed by atoms with Crippen LogP contribution in [0.4, 0.5) is 10.6 Å². The molecule has 8 heteroatoms. The maximum Gasteiger partial charge on any atom is 0.323 e. The first-order valence-corrected chi connectivity index (χ1v) is 7.87. The van der Waals surface area contributed by atoms with Gasteiger partial charge in [0, 0.05) is 32.2 Å². The van der Waals surface area contributed by atoms with Gasteiger partial charge in [0.05, 0.1) is 0 Å². The van der Waals surface area contributed by atoms with Gasteiger partial charge in [-0.3, -0.25) is 10.1 Å². The summed E-state index contributed by atoms with van der Waals surface area (Å²) in [6.07, 6.45) is 3.09. The molecule has 3 amide bonds. The van der Waals surface area contributed by atoms with E-state index < -0.39 is 0 Å². The van der Waals surface area contributed by atoms with E-state index in [1.165, 1.54) is 7.05 Å². The molecule has 2 aliphatic rings. The Balaban J connectivity index is 1.62. The van der Waals surface area contributed by atoms with Crippen LogP contribution in [-0.2, 0) is 0 Å². The number of hydrogen-bond acceptors (Lipinski definition) is 5. The third-order valence-electron chi connectivity index (χ3n) is 4.90. The molecule has 0 radical (unpaired) electrons. The van der Waals surface area contributed by atoms with E-state index in [1.807, 2.05) is 4.90 Å². The lowest BCUT2D eigenvalue weighted by atomic mass is 9.77. The Morgan fingerprint density at radius 3 is 2.35 bits per heavy atom. The molecule has 1 aromatic rings. The zero-order valence-electron chi connectivity index (χ0n) is 13.5. The van der Waals surface area contributed by atoms with Crippen molar-refractivity contribution in [2.45, 2.75) is 24.8 Å². The largest absolute Gasteiger partial charge is 0.354 e. The number of aromatic nitrogens is 2. The molecular formula is C15H22N6O2. The molecule has 2 N–H and O–H groups in total. The molecule has 0 aromatic carbocycles. The van der Waals surface area contributed by atoms with Crippen molar-refractivity contribution in [3.05, 3.63) is 17.8 Å². The summed E-state index contributed by atoms with van der Waals surface area (Å²) in [7, 11) is 3.64. The molecule has 8 nitrogen and oxygen atoms in total. The first-order chi connectivity index (χ1) is 11.0. The van der Waals surface area contributed by atoms with Crippen LogP contribution in [0.15, 0.2) is 12.1 Å². The van der Waals surface area contributed by atoms with Gasteiger partial charge >= 0.3 is 6.03 Å².